The van der Waals surface area contributed by atoms with Crippen LogP contribution in [-0.2, 0) is 22.4 Å². The number of benzene rings is 2. The zero-order valence-corrected chi connectivity index (χ0v) is 27.3. The van der Waals surface area contributed by atoms with E-state index in [4.69, 9.17) is 14.6 Å². The van der Waals surface area contributed by atoms with Gasteiger partial charge in [0.1, 0.15) is 5.58 Å². The van der Waals surface area contributed by atoms with Crippen LogP contribution in [0.4, 0.5) is 0 Å². The molecule has 2 unspecified atom stereocenters. The van der Waals surface area contributed by atoms with E-state index in [1.165, 1.54) is 17.3 Å². The molecule has 7 nitrogen and oxygen atoms in total. The smallest absolute Gasteiger partial charge is 1.00 e. The minimum atomic E-state index is -1.10. The van der Waals surface area contributed by atoms with E-state index >= 15 is 0 Å². The summed E-state index contributed by atoms with van der Waals surface area (Å²) in [6.07, 6.45) is 2.70. The zero-order chi connectivity index (χ0) is 26.2. The maximum absolute atomic E-state index is 12.4. The van der Waals surface area contributed by atoms with Crippen LogP contribution in [0.5, 0.6) is 0 Å². The van der Waals surface area contributed by atoms with Crippen LogP contribution >= 0.6 is 11.8 Å². The van der Waals surface area contributed by atoms with E-state index in [-0.39, 0.29) is 79.2 Å². The molecule has 3 rings (SSSR count). The number of aliphatic carboxylic acids is 2. The van der Waals surface area contributed by atoms with Crippen molar-refractivity contribution in [2.75, 3.05) is 0 Å². The minimum Gasteiger partial charge on any atom is -1.00 e. The number of aryl methyl sites for hydroxylation is 2. The van der Waals surface area contributed by atoms with Crippen molar-refractivity contribution in [2.24, 2.45) is 0 Å². The Hall–Kier alpha value is -1.10. The van der Waals surface area contributed by atoms with Crippen LogP contribution in [0, 0.1) is 6.92 Å². The van der Waals surface area contributed by atoms with Crippen molar-refractivity contribution in [2.45, 2.75) is 75.0 Å². The second-order valence-corrected chi connectivity index (χ2v) is 10.2. The maximum atomic E-state index is 12.4. The molecule has 38 heavy (non-hydrogen) atoms. The number of carboxylic acids is 2. The van der Waals surface area contributed by atoms with Crippen molar-refractivity contribution in [3.8, 4) is 0 Å². The Labute approximate surface area is 274 Å². The van der Waals surface area contributed by atoms with E-state index in [0.717, 1.165) is 29.7 Å². The summed E-state index contributed by atoms with van der Waals surface area (Å²) in [6.45, 7) is 3.86. The maximum Gasteiger partial charge on any atom is 1.00 e. The topological polar surface area (TPSA) is 125 Å². The SMILES string of the molecule is CCCCc1ccc(C(Sc2ccc3c(C)c(CC(=O)O)c(=O)oc3c2)C(O)CCCC(=O)O)cc1.[H-].[H-].[Na+].[Na+]. The Morgan fingerprint density at radius 2 is 1.71 bits per heavy atom. The van der Waals surface area contributed by atoms with E-state index in [1.807, 2.05) is 18.2 Å². The van der Waals surface area contributed by atoms with Gasteiger partial charge in [0.15, 0.2) is 0 Å². The number of rotatable bonds is 13. The van der Waals surface area contributed by atoms with Gasteiger partial charge >= 0.3 is 76.7 Å². The molecule has 0 saturated heterocycles. The molecule has 0 bridgehead atoms. The number of unbranched alkanes of at least 4 members (excludes halogenated alkanes) is 1. The molecule has 10 heteroatoms. The van der Waals surface area contributed by atoms with Gasteiger partial charge in [0.25, 0.3) is 0 Å². The largest absolute Gasteiger partial charge is 1.00 e. The summed E-state index contributed by atoms with van der Waals surface area (Å²) in [5.41, 5.74) is 2.55. The molecule has 0 aliphatic heterocycles. The molecule has 0 radical (unpaired) electrons. The Bertz CT molecular complexity index is 1290. The van der Waals surface area contributed by atoms with E-state index in [2.05, 4.69) is 19.1 Å². The molecular weight excluding hydrogens is 526 g/mol. The number of carbonyl (C=O) groups is 2. The first kappa shape index (κ1) is 34.9. The van der Waals surface area contributed by atoms with Gasteiger partial charge in [-0.1, -0.05) is 37.6 Å². The van der Waals surface area contributed by atoms with Gasteiger partial charge in [-0.25, -0.2) is 4.79 Å². The van der Waals surface area contributed by atoms with E-state index in [0.29, 0.717) is 29.4 Å². The molecule has 0 spiro atoms. The molecule has 0 aliphatic rings. The van der Waals surface area contributed by atoms with Gasteiger partial charge in [-0.3, -0.25) is 9.59 Å². The van der Waals surface area contributed by atoms with Crippen LogP contribution in [0.3, 0.4) is 0 Å². The number of hydrogen-bond acceptors (Lipinski definition) is 6. The first-order chi connectivity index (χ1) is 17.2. The van der Waals surface area contributed by atoms with Crippen molar-refractivity contribution in [1.82, 2.24) is 0 Å². The van der Waals surface area contributed by atoms with Crippen molar-refractivity contribution < 1.29 is 91.3 Å². The van der Waals surface area contributed by atoms with Crippen molar-refractivity contribution in [3.63, 3.8) is 0 Å². The fourth-order valence-electron chi connectivity index (χ4n) is 4.19. The molecule has 3 aromatic rings. The van der Waals surface area contributed by atoms with Gasteiger partial charge in [0, 0.05) is 16.7 Å². The fourth-order valence-corrected chi connectivity index (χ4v) is 5.39. The summed E-state index contributed by atoms with van der Waals surface area (Å²) in [6, 6.07) is 13.5. The predicted octanol–water partition coefficient (Wildman–Crippen LogP) is -0.247. The first-order valence-corrected chi connectivity index (χ1v) is 13.0. The number of aliphatic hydroxyl groups excluding tert-OH is 1. The van der Waals surface area contributed by atoms with Gasteiger partial charge < -0.3 is 22.6 Å². The van der Waals surface area contributed by atoms with Crippen LogP contribution in [-0.4, -0.2) is 33.4 Å². The average Bonchev–Trinajstić information content (AvgIpc) is 2.83. The standard InChI is InChI=1S/C28H32O7S.2Na.2H/c1-3-4-6-18-9-11-19(12-10-18)27(23(29)7-5-8-25(30)31)36-20-13-14-21-17(2)22(16-26(32)33)28(34)35-24(21)15-20;;;;/h9-15,23,27,29H,3-8,16H2,1-2H3,(H,30,31)(H,32,33);;;;/q;2*+1;2*-1. The first-order valence-electron chi connectivity index (χ1n) is 12.1. The Kier molecular flexibility index (Phi) is 15.5. The minimum absolute atomic E-state index is 0. The van der Waals surface area contributed by atoms with Gasteiger partial charge in [0.05, 0.1) is 23.3 Å². The summed E-state index contributed by atoms with van der Waals surface area (Å²) in [5.74, 6) is -1.99. The number of thioether (sulfide) groups is 1. The van der Waals surface area contributed by atoms with Crippen molar-refractivity contribution >= 4 is 34.7 Å². The van der Waals surface area contributed by atoms with Gasteiger partial charge in [-0.2, -0.15) is 0 Å². The third-order valence-electron chi connectivity index (χ3n) is 6.22. The second kappa shape index (κ2) is 16.9. The fraction of sp³-hybridized carbons (Fsp3) is 0.393. The van der Waals surface area contributed by atoms with Gasteiger partial charge in [0.2, 0.25) is 0 Å². The second-order valence-electron chi connectivity index (χ2n) is 8.96. The van der Waals surface area contributed by atoms with E-state index < -0.39 is 30.1 Å². The molecule has 2 aromatic carbocycles. The third kappa shape index (κ3) is 9.82. The van der Waals surface area contributed by atoms with Crippen molar-refractivity contribution in [3.05, 3.63) is 75.1 Å². The molecule has 0 saturated carbocycles. The quantitative estimate of drug-likeness (QED) is 0.149. The summed E-state index contributed by atoms with van der Waals surface area (Å²) in [5, 5.41) is 29.4. The van der Waals surface area contributed by atoms with E-state index in [9.17, 15) is 19.5 Å². The summed E-state index contributed by atoms with van der Waals surface area (Å²) in [4.78, 5) is 35.3. The van der Waals surface area contributed by atoms with Crippen LogP contribution in [0.1, 0.15) is 69.4 Å². The number of fused-ring (bicyclic) bond motifs is 1. The molecule has 1 aromatic heterocycles. The van der Waals surface area contributed by atoms with E-state index in [1.54, 1.807) is 19.1 Å². The zero-order valence-electron chi connectivity index (χ0n) is 24.5. The van der Waals surface area contributed by atoms with Crippen LogP contribution in [0.2, 0.25) is 0 Å². The monoisotopic (exact) mass is 560 g/mol. The van der Waals surface area contributed by atoms with Crippen LogP contribution < -0.4 is 64.7 Å². The normalized spacial score (nSPS) is 12.3. The molecule has 1 heterocycles. The van der Waals surface area contributed by atoms with Gasteiger partial charge in [-0.05, 0) is 67.5 Å². The molecule has 0 amide bonds. The number of carboxylic acid groups (broad SMARTS) is 2. The average molecular weight is 561 g/mol. The number of aliphatic hydroxyl groups is 1. The summed E-state index contributed by atoms with van der Waals surface area (Å²) < 4.78 is 5.45. The van der Waals surface area contributed by atoms with Crippen molar-refractivity contribution in [1.29, 1.82) is 0 Å². The van der Waals surface area contributed by atoms with Crippen LogP contribution in [0.25, 0.3) is 11.0 Å². The number of hydrogen-bond donors (Lipinski definition) is 3. The molecule has 3 N–H and O–H groups in total. The third-order valence-corrected chi connectivity index (χ3v) is 7.58. The molecular formula is C28H34Na2O7S. The molecule has 2 atom stereocenters. The predicted molar refractivity (Wildman–Crippen MR) is 142 cm³/mol. The molecule has 0 aliphatic carbocycles. The van der Waals surface area contributed by atoms with Crippen LogP contribution in [0.15, 0.2) is 56.6 Å². The van der Waals surface area contributed by atoms with Gasteiger partial charge in [-0.15, -0.1) is 11.8 Å². The Morgan fingerprint density at radius 3 is 2.32 bits per heavy atom. The summed E-state index contributed by atoms with van der Waals surface area (Å²) >= 11 is 1.42. The molecule has 0 fully saturated rings. The summed E-state index contributed by atoms with van der Waals surface area (Å²) in [7, 11) is 0. The molecule has 196 valence electrons. The Morgan fingerprint density at radius 1 is 1.03 bits per heavy atom. The Balaban J connectivity index is 0.